The highest BCUT2D eigenvalue weighted by Gasteiger charge is 2.11. The fourth-order valence-electron chi connectivity index (χ4n) is 2.33. The molecule has 108 valence electrons. The number of aryl methyl sites for hydroxylation is 1. The predicted octanol–water partition coefficient (Wildman–Crippen LogP) is 3.71. The monoisotopic (exact) mass is 336 g/mol. The molecule has 1 unspecified atom stereocenters. The maximum atomic E-state index is 5.28. The van der Waals surface area contributed by atoms with Gasteiger partial charge in [-0.05, 0) is 48.9 Å². The minimum absolute atomic E-state index is 0.566. The summed E-state index contributed by atoms with van der Waals surface area (Å²) in [6.45, 7) is 3.03. The third-order valence-electron chi connectivity index (χ3n) is 3.41. The Morgan fingerprint density at radius 2 is 2.10 bits per heavy atom. The van der Waals surface area contributed by atoms with Gasteiger partial charge in [0, 0.05) is 18.1 Å². The van der Waals surface area contributed by atoms with Gasteiger partial charge in [-0.3, -0.25) is 4.68 Å². The summed E-state index contributed by atoms with van der Waals surface area (Å²) in [5.74, 6) is 1.49. The Morgan fingerprint density at radius 3 is 2.75 bits per heavy atom. The molecule has 0 saturated carbocycles. The topological polar surface area (TPSA) is 27.1 Å². The summed E-state index contributed by atoms with van der Waals surface area (Å²) in [5, 5.41) is 5.33. The van der Waals surface area contributed by atoms with E-state index in [-0.39, 0.29) is 0 Å². The molecule has 0 saturated heterocycles. The Kier molecular flexibility index (Phi) is 5.65. The van der Waals surface area contributed by atoms with Crippen LogP contribution >= 0.6 is 15.9 Å². The van der Waals surface area contributed by atoms with Crippen molar-refractivity contribution >= 4 is 15.9 Å². The molecule has 1 aromatic heterocycles. The quantitative estimate of drug-likeness (QED) is 0.720. The molecule has 0 aliphatic carbocycles. The van der Waals surface area contributed by atoms with Crippen LogP contribution in [0.3, 0.4) is 0 Å². The average molecular weight is 337 g/mol. The van der Waals surface area contributed by atoms with Gasteiger partial charge in [-0.25, -0.2) is 0 Å². The Balaban J connectivity index is 2.00. The van der Waals surface area contributed by atoms with E-state index >= 15 is 0 Å². The molecule has 20 heavy (non-hydrogen) atoms. The molecule has 0 fully saturated rings. The molecular weight excluding hydrogens is 316 g/mol. The number of hydrogen-bond donors (Lipinski definition) is 0. The number of ether oxygens (including phenoxy) is 1. The first-order valence-corrected chi connectivity index (χ1v) is 8.07. The zero-order valence-electron chi connectivity index (χ0n) is 12.1. The second kappa shape index (κ2) is 7.48. The smallest absolute Gasteiger partial charge is 0.119 e. The highest BCUT2D eigenvalue weighted by Crippen LogP contribution is 2.20. The molecular formula is C16H21BrN2O. The Hall–Kier alpha value is -1.29. The number of halogens is 1. The van der Waals surface area contributed by atoms with Gasteiger partial charge in [-0.15, -0.1) is 0 Å². The van der Waals surface area contributed by atoms with Gasteiger partial charge in [0.15, 0.2) is 0 Å². The molecule has 1 aromatic carbocycles. The van der Waals surface area contributed by atoms with Crippen LogP contribution in [0.2, 0.25) is 0 Å². The maximum absolute atomic E-state index is 5.28. The van der Waals surface area contributed by atoms with E-state index in [1.165, 1.54) is 11.1 Å². The van der Waals surface area contributed by atoms with E-state index < -0.39 is 0 Å². The number of benzene rings is 1. The van der Waals surface area contributed by atoms with Crippen molar-refractivity contribution in [2.45, 2.75) is 26.3 Å². The van der Waals surface area contributed by atoms with Crippen molar-refractivity contribution in [1.29, 1.82) is 0 Å². The summed E-state index contributed by atoms with van der Waals surface area (Å²) in [4.78, 5) is 0. The van der Waals surface area contributed by atoms with E-state index in [0.29, 0.717) is 5.92 Å². The molecule has 1 atom stereocenters. The lowest BCUT2D eigenvalue weighted by Gasteiger charge is -2.13. The van der Waals surface area contributed by atoms with E-state index in [0.717, 1.165) is 30.5 Å². The molecule has 0 aliphatic rings. The number of aromatic nitrogens is 2. The molecule has 3 nitrogen and oxygen atoms in total. The molecule has 0 radical (unpaired) electrons. The first-order valence-electron chi connectivity index (χ1n) is 6.95. The van der Waals surface area contributed by atoms with Gasteiger partial charge in [-0.2, -0.15) is 5.10 Å². The van der Waals surface area contributed by atoms with Crippen molar-refractivity contribution in [2.75, 3.05) is 12.4 Å². The van der Waals surface area contributed by atoms with Gasteiger partial charge in [0.1, 0.15) is 5.75 Å². The van der Waals surface area contributed by atoms with Crippen LogP contribution in [0, 0.1) is 5.92 Å². The lowest BCUT2D eigenvalue weighted by Crippen LogP contribution is -2.09. The summed E-state index contributed by atoms with van der Waals surface area (Å²) in [7, 11) is 1.71. The minimum atomic E-state index is 0.566. The molecule has 0 bridgehead atoms. The van der Waals surface area contributed by atoms with Gasteiger partial charge in [0.2, 0.25) is 0 Å². The first-order chi connectivity index (χ1) is 9.75. The van der Waals surface area contributed by atoms with Crippen molar-refractivity contribution in [3.05, 3.63) is 47.8 Å². The van der Waals surface area contributed by atoms with Gasteiger partial charge in [0.25, 0.3) is 0 Å². The highest BCUT2D eigenvalue weighted by molar-refractivity contribution is 9.09. The number of alkyl halides is 1. The van der Waals surface area contributed by atoms with Crippen LogP contribution in [0.15, 0.2) is 36.7 Å². The second-order valence-corrected chi connectivity index (χ2v) is 5.63. The van der Waals surface area contributed by atoms with Crippen molar-refractivity contribution in [1.82, 2.24) is 9.78 Å². The van der Waals surface area contributed by atoms with Crippen LogP contribution in [0.5, 0.6) is 5.75 Å². The molecule has 1 heterocycles. The minimum Gasteiger partial charge on any atom is -0.497 e. The molecule has 0 N–H and O–H groups in total. The predicted molar refractivity (Wildman–Crippen MR) is 85.6 cm³/mol. The van der Waals surface area contributed by atoms with Crippen LogP contribution in [0.1, 0.15) is 18.1 Å². The van der Waals surface area contributed by atoms with Crippen molar-refractivity contribution in [3.63, 3.8) is 0 Å². The summed E-state index contributed by atoms with van der Waals surface area (Å²) in [5.41, 5.74) is 2.62. The summed E-state index contributed by atoms with van der Waals surface area (Å²) >= 11 is 3.63. The van der Waals surface area contributed by atoms with Crippen LogP contribution in [0.4, 0.5) is 0 Å². The number of methoxy groups -OCH3 is 1. The maximum Gasteiger partial charge on any atom is 0.119 e. The molecule has 0 amide bonds. The van der Waals surface area contributed by atoms with Crippen LogP contribution in [0.25, 0.3) is 0 Å². The number of rotatable bonds is 7. The standard InChI is InChI=1S/C16H21BrN2O/c1-3-19-12-15(11-18-19)8-14(10-17)7-13-5-4-6-16(9-13)20-2/h4-6,9,11-12,14H,3,7-8,10H2,1-2H3. The van der Waals surface area contributed by atoms with Crippen LogP contribution in [-0.4, -0.2) is 22.2 Å². The third kappa shape index (κ3) is 4.10. The molecule has 0 spiro atoms. The van der Waals surface area contributed by atoms with Crippen molar-refractivity contribution < 1.29 is 4.74 Å². The SMILES string of the molecule is CCn1cc(CC(CBr)Cc2cccc(OC)c2)cn1. The summed E-state index contributed by atoms with van der Waals surface area (Å²) in [6.07, 6.45) is 6.20. The molecule has 2 aromatic rings. The fourth-order valence-corrected chi connectivity index (χ4v) is 2.79. The molecule has 2 rings (SSSR count). The van der Waals surface area contributed by atoms with Gasteiger partial charge in [-0.1, -0.05) is 28.1 Å². The Bertz CT molecular complexity index is 539. The number of nitrogens with zero attached hydrogens (tertiary/aromatic N) is 2. The van der Waals surface area contributed by atoms with Crippen LogP contribution < -0.4 is 4.74 Å². The third-order valence-corrected chi connectivity index (χ3v) is 4.33. The molecule has 0 aliphatic heterocycles. The van der Waals surface area contributed by atoms with Crippen LogP contribution in [-0.2, 0) is 19.4 Å². The average Bonchev–Trinajstić information content (AvgIpc) is 2.94. The van der Waals surface area contributed by atoms with E-state index in [2.05, 4.69) is 52.3 Å². The zero-order chi connectivity index (χ0) is 14.4. The Morgan fingerprint density at radius 1 is 1.30 bits per heavy atom. The normalized spacial score (nSPS) is 12.3. The van der Waals surface area contributed by atoms with Crippen molar-refractivity contribution in [3.8, 4) is 5.75 Å². The van der Waals surface area contributed by atoms with Gasteiger partial charge in [0.05, 0.1) is 13.3 Å². The molecule has 4 heteroatoms. The fraction of sp³-hybridized carbons (Fsp3) is 0.438. The van der Waals surface area contributed by atoms with Gasteiger partial charge < -0.3 is 4.74 Å². The summed E-state index contributed by atoms with van der Waals surface area (Å²) < 4.78 is 7.26. The van der Waals surface area contributed by atoms with Gasteiger partial charge >= 0.3 is 0 Å². The highest BCUT2D eigenvalue weighted by atomic mass is 79.9. The van der Waals surface area contributed by atoms with Crippen molar-refractivity contribution in [2.24, 2.45) is 5.92 Å². The largest absolute Gasteiger partial charge is 0.497 e. The lowest BCUT2D eigenvalue weighted by molar-refractivity contribution is 0.414. The van der Waals surface area contributed by atoms with E-state index in [1.54, 1.807) is 7.11 Å². The second-order valence-electron chi connectivity index (χ2n) is 4.98. The summed E-state index contributed by atoms with van der Waals surface area (Å²) in [6, 6.07) is 8.31. The van der Waals surface area contributed by atoms with E-state index in [1.807, 2.05) is 16.9 Å². The lowest BCUT2D eigenvalue weighted by atomic mass is 9.95. The van der Waals surface area contributed by atoms with E-state index in [4.69, 9.17) is 4.74 Å². The first kappa shape index (κ1) is 15.1. The van der Waals surface area contributed by atoms with E-state index in [9.17, 15) is 0 Å². The Labute approximate surface area is 129 Å². The zero-order valence-corrected chi connectivity index (χ0v) is 13.6. The number of hydrogen-bond acceptors (Lipinski definition) is 2.